The number of ether oxygens (including phenoxy) is 1. The second kappa shape index (κ2) is 11.2. The van der Waals surface area contributed by atoms with Gasteiger partial charge in [0.25, 0.3) is 0 Å². The number of hydrogen-bond donors (Lipinski definition) is 6. The number of esters is 1. The van der Waals surface area contributed by atoms with Crippen molar-refractivity contribution >= 4 is 35.8 Å². The van der Waals surface area contributed by atoms with Crippen LogP contribution in [0.1, 0.15) is 62.1 Å². The largest absolute Gasteiger partial charge is 0.478 e. The minimum Gasteiger partial charge on any atom is -0.478 e. The molecule has 0 amide bonds. The van der Waals surface area contributed by atoms with Gasteiger partial charge in [-0.3, -0.25) is 0 Å². The SMILES string of the molecule is O=C(O)c1cccc(-c2ccc(C(=O)OCCO)c(C(=O)O)c2-c2cccc(C(=O)O)c2C(=O)O)c1C(=O)O. The topological polar surface area (TPSA) is 233 Å². The lowest BCUT2D eigenvalue weighted by molar-refractivity contribution is 0.0426. The molecule has 3 aromatic rings. The van der Waals surface area contributed by atoms with E-state index in [0.29, 0.717) is 0 Å². The smallest absolute Gasteiger partial charge is 0.339 e. The third-order valence-corrected chi connectivity index (χ3v) is 5.54. The number of aliphatic hydroxyl groups excluding tert-OH is 1. The van der Waals surface area contributed by atoms with Crippen molar-refractivity contribution in [3.8, 4) is 22.3 Å². The van der Waals surface area contributed by atoms with E-state index in [1.165, 1.54) is 6.07 Å². The van der Waals surface area contributed by atoms with Gasteiger partial charge in [-0.1, -0.05) is 30.3 Å². The lowest BCUT2D eigenvalue weighted by atomic mass is 9.82. The zero-order chi connectivity index (χ0) is 29.0. The molecule has 0 atom stereocenters. The molecule has 0 fully saturated rings. The molecule has 0 heterocycles. The highest BCUT2D eigenvalue weighted by molar-refractivity contribution is 6.16. The predicted octanol–water partition coefficient (Wildman–Crippen LogP) is 2.66. The van der Waals surface area contributed by atoms with Crippen molar-refractivity contribution in [2.75, 3.05) is 13.2 Å². The van der Waals surface area contributed by atoms with E-state index in [9.17, 15) is 54.3 Å². The van der Waals surface area contributed by atoms with E-state index in [0.717, 1.165) is 42.5 Å². The summed E-state index contributed by atoms with van der Waals surface area (Å²) in [6, 6.07) is 8.43. The highest BCUT2D eigenvalue weighted by atomic mass is 16.5. The Bertz CT molecular complexity index is 1550. The third kappa shape index (κ3) is 5.28. The van der Waals surface area contributed by atoms with Gasteiger partial charge in [-0.05, 0) is 34.9 Å². The molecule has 3 rings (SSSR count). The van der Waals surface area contributed by atoms with E-state index < -0.39 is 93.5 Å². The Hall–Kier alpha value is -5.56. The highest BCUT2D eigenvalue weighted by Gasteiger charge is 2.32. The quantitative estimate of drug-likeness (QED) is 0.204. The molecule has 0 radical (unpaired) electrons. The molecule has 0 aliphatic carbocycles. The van der Waals surface area contributed by atoms with Crippen LogP contribution in [0.15, 0.2) is 48.5 Å². The molecule has 6 N–H and O–H groups in total. The van der Waals surface area contributed by atoms with Gasteiger partial charge >= 0.3 is 35.8 Å². The first-order valence-electron chi connectivity index (χ1n) is 10.8. The summed E-state index contributed by atoms with van der Waals surface area (Å²) >= 11 is 0. The van der Waals surface area contributed by atoms with Crippen LogP contribution in [0.5, 0.6) is 0 Å². The molecule has 0 unspecified atom stereocenters. The summed E-state index contributed by atoms with van der Waals surface area (Å²) in [7, 11) is 0. The number of hydrogen-bond acceptors (Lipinski definition) is 8. The second-order valence-electron chi connectivity index (χ2n) is 7.75. The van der Waals surface area contributed by atoms with E-state index in [-0.39, 0.29) is 11.1 Å². The number of aliphatic hydroxyl groups is 1. The van der Waals surface area contributed by atoms with Crippen molar-refractivity contribution < 1.29 is 64.1 Å². The maximum absolute atomic E-state index is 12.7. The Morgan fingerprint density at radius 3 is 1.49 bits per heavy atom. The van der Waals surface area contributed by atoms with Gasteiger partial charge in [-0.2, -0.15) is 0 Å². The van der Waals surface area contributed by atoms with Gasteiger partial charge in [0.1, 0.15) is 6.61 Å². The number of aromatic carboxylic acids is 5. The molecule has 39 heavy (non-hydrogen) atoms. The average Bonchev–Trinajstić information content (AvgIpc) is 2.89. The average molecular weight is 538 g/mol. The molecule has 0 aromatic heterocycles. The summed E-state index contributed by atoms with van der Waals surface area (Å²) in [6.45, 7) is -1.12. The third-order valence-electron chi connectivity index (χ3n) is 5.54. The summed E-state index contributed by atoms with van der Waals surface area (Å²) in [5, 5.41) is 58.0. The molecule has 0 spiro atoms. The van der Waals surface area contributed by atoms with E-state index in [1.54, 1.807) is 0 Å². The molecule has 3 aromatic carbocycles. The van der Waals surface area contributed by atoms with Gasteiger partial charge in [-0.15, -0.1) is 0 Å². The molecule has 0 aliphatic rings. The summed E-state index contributed by atoms with van der Waals surface area (Å²) in [4.78, 5) is 73.2. The van der Waals surface area contributed by atoms with E-state index >= 15 is 0 Å². The summed E-state index contributed by atoms with van der Waals surface area (Å²) in [6.07, 6.45) is 0. The van der Waals surface area contributed by atoms with Crippen LogP contribution in [0, 0.1) is 0 Å². The van der Waals surface area contributed by atoms with Crippen LogP contribution in [-0.4, -0.2) is 79.7 Å². The number of carboxylic acids is 5. The summed E-state index contributed by atoms with van der Waals surface area (Å²) in [5.41, 5.74) is -6.33. The van der Waals surface area contributed by atoms with Gasteiger partial charge < -0.3 is 35.4 Å². The molecule has 13 nitrogen and oxygen atoms in total. The Morgan fingerprint density at radius 1 is 0.538 bits per heavy atom. The van der Waals surface area contributed by atoms with Gasteiger partial charge in [0.2, 0.25) is 0 Å². The lowest BCUT2D eigenvalue weighted by Crippen LogP contribution is -2.17. The van der Waals surface area contributed by atoms with Crippen molar-refractivity contribution in [1.29, 1.82) is 0 Å². The van der Waals surface area contributed by atoms with Crippen LogP contribution in [-0.2, 0) is 4.74 Å². The predicted molar refractivity (Wildman–Crippen MR) is 129 cm³/mol. The first-order chi connectivity index (χ1) is 18.4. The van der Waals surface area contributed by atoms with Crippen LogP contribution >= 0.6 is 0 Å². The van der Waals surface area contributed by atoms with Gasteiger partial charge in [-0.25, -0.2) is 28.8 Å². The van der Waals surface area contributed by atoms with E-state index in [4.69, 9.17) is 9.84 Å². The molecule has 0 saturated carbocycles. The fourth-order valence-electron chi connectivity index (χ4n) is 4.07. The summed E-state index contributed by atoms with van der Waals surface area (Å²) < 4.78 is 4.82. The molecule has 200 valence electrons. The Kier molecular flexibility index (Phi) is 8.07. The Labute approximate surface area is 217 Å². The van der Waals surface area contributed by atoms with Crippen LogP contribution in [0.4, 0.5) is 0 Å². The van der Waals surface area contributed by atoms with Crippen LogP contribution in [0.25, 0.3) is 22.3 Å². The van der Waals surface area contributed by atoms with Crippen molar-refractivity contribution in [2.24, 2.45) is 0 Å². The number of carbonyl (C=O) groups excluding carboxylic acids is 1. The van der Waals surface area contributed by atoms with Gasteiger partial charge in [0.05, 0.1) is 40.0 Å². The first kappa shape index (κ1) is 28.0. The second-order valence-corrected chi connectivity index (χ2v) is 7.75. The van der Waals surface area contributed by atoms with E-state index in [1.807, 2.05) is 0 Å². The lowest BCUT2D eigenvalue weighted by Gasteiger charge is -2.20. The number of rotatable bonds is 10. The van der Waals surface area contributed by atoms with Crippen molar-refractivity contribution in [1.82, 2.24) is 0 Å². The van der Waals surface area contributed by atoms with Gasteiger partial charge in [0.15, 0.2) is 0 Å². The number of carboxylic acid groups (broad SMARTS) is 5. The fourth-order valence-corrected chi connectivity index (χ4v) is 4.07. The number of benzene rings is 3. The number of carbonyl (C=O) groups is 6. The minimum absolute atomic E-state index is 0.323. The normalized spacial score (nSPS) is 10.5. The maximum atomic E-state index is 12.7. The van der Waals surface area contributed by atoms with Crippen molar-refractivity contribution in [3.63, 3.8) is 0 Å². The van der Waals surface area contributed by atoms with Crippen LogP contribution in [0.3, 0.4) is 0 Å². The zero-order valence-corrected chi connectivity index (χ0v) is 19.6. The molecule has 0 bridgehead atoms. The van der Waals surface area contributed by atoms with Crippen LogP contribution < -0.4 is 0 Å². The maximum Gasteiger partial charge on any atom is 0.339 e. The summed E-state index contributed by atoms with van der Waals surface area (Å²) in [5.74, 6) is -9.83. The Morgan fingerprint density at radius 2 is 1.03 bits per heavy atom. The van der Waals surface area contributed by atoms with Crippen molar-refractivity contribution in [3.05, 3.63) is 81.9 Å². The van der Waals surface area contributed by atoms with E-state index in [2.05, 4.69) is 0 Å². The fraction of sp³-hybridized carbons (Fsp3) is 0.0769. The molecular formula is C26H18O13. The monoisotopic (exact) mass is 538 g/mol. The van der Waals surface area contributed by atoms with Crippen molar-refractivity contribution in [2.45, 2.75) is 0 Å². The minimum atomic E-state index is -1.80. The molecule has 0 saturated heterocycles. The van der Waals surface area contributed by atoms with Crippen LogP contribution in [0.2, 0.25) is 0 Å². The first-order valence-corrected chi connectivity index (χ1v) is 10.8. The zero-order valence-electron chi connectivity index (χ0n) is 19.6. The molecular weight excluding hydrogens is 520 g/mol. The van der Waals surface area contributed by atoms with Gasteiger partial charge in [0, 0.05) is 5.56 Å². The molecule has 13 heteroatoms. The highest BCUT2D eigenvalue weighted by Crippen LogP contribution is 2.41. The Balaban J connectivity index is 2.63. The molecule has 0 aliphatic heterocycles. The standard InChI is InChI=1S/C26H18O13/c27-9-10-39-26(38)16-8-7-12(11-3-1-5-14(21(28)29)18(11)23(32)33)17(20(16)25(36)37)13-4-2-6-15(22(30)31)19(13)24(34)35/h1-8,27H,9-10H2,(H,28,29)(H,30,31)(H,32,33)(H,34,35)(H,36,37).